The molecule has 0 saturated heterocycles. The third-order valence-electron chi connectivity index (χ3n) is 3.45. The first-order valence-corrected chi connectivity index (χ1v) is 7.02. The maximum Gasteiger partial charge on any atom is 0.279 e. The van der Waals surface area contributed by atoms with Crippen LogP contribution in [0.1, 0.15) is 28.4 Å². The second-order valence-corrected chi connectivity index (χ2v) is 5.20. The van der Waals surface area contributed by atoms with Gasteiger partial charge in [-0.1, -0.05) is 12.1 Å². The van der Waals surface area contributed by atoms with Crippen molar-refractivity contribution in [3.05, 3.63) is 57.9 Å². The first-order chi connectivity index (χ1) is 11.5. The molecule has 0 aliphatic rings. The van der Waals surface area contributed by atoms with Crippen molar-refractivity contribution in [2.45, 2.75) is 13.0 Å². The van der Waals surface area contributed by atoms with E-state index in [0.29, 0.717) is 16.7 Å². The number of fused-ring (bicyclic) bond motifs is 1. The van der Waals surface area contributed by atoms with E-state index in [0.717, 1.165) is 6.07 Å². The average Bonchev–Trinajstić information content (AvgIpc) is 3.04. The normalized spacial score (nSPS) is 11.2. The summed E-state index contributed by atoms with van der Waals surface area (Å²) in [7, 11) is 1.47. The van der Waals surface area contributed by atoms with E-state index in [1.807, 2.05) is 0 Å². The molecule has 3 rings (SSSR count). The van der Waals surface area contributed by atoms with Gasteiger partial charge in [0.1, 0.15) is 11.5 Å². The summed E-state index contributed by atoms with van der Waals surface area (Å²) < 4.78 is 25.1. The predicted molar refractivity (Wildman–Crippen MR) is 81.7 cm³/mol. The maximum absolute atomic E-state index is 12.5. The van der Waals surface area contributed by atoms with Crippen LogP contribution in [0.25, 0.3) is 10.9 Å². The van der Waals surface area contributed by atoms with Gasteiger partial charge in [-0.3, -0.25) is 14.7 Å². The molecule has 0 aliphatic carbocycles. The van der Waals surface area contributed by atoms with Crippen LogP contribution in [0.5, 0.6) is 0 Å². The molecule has 7 nitrogen and oxygen atoms in total. The number of aromatic amines is 2. The highest BCUT2D eigenvalue weighted by Crippen LogP contribution is 2.17. The summed E-state index contributed by atoms with van der Waals surface area (Å²) in [5.41, 5.74) is -0.354. The summed E-state index contributed by atoms with van der Waals surface area (Å²) in [6, 6.07) is 7.82. The fourth-order valence-corrected chi connectivity index (χ4v) is 2.26. The maximum atomic E-state index is 12.5. The Balaban J connectivity index is 1.82. The van der Waals surface area contributed by atoms with Crippen LogP contribution in [0.3, 0.4) is 0 Å². The number of benzene rings is 1. The van der Waals surface area contributed by atoms with Crippen LogP contribution in [0.2, 0.25) is 0 Å². The number of carbonyl (C=O) groups is 1. The molecule has 24 heavy (non-hydrogen) atoms. The number of para-hydroxylation sites is 1. The smallest absolute Gasteiger partial charge is 0.279 e. The summed E-state index contributed by atoms with van der Waals surface area (Å²) in [4.78, 5) is 32.3. The molecule has 2 heterocycles. The summed E-state index contributed by atoms with van der Waals surface area (Å²) in [6.07, 6.45) is -2.73. The highest BCUT2D eigenvalue weighted by Gasteiger charge is 2.19. The molecular weight excluding hydrogens is 320 g/mol. The molecular formula is C15H13F2N5O2. The molecule has 2 N–H and O–H groups in total. The zero-order valence-corrected chi connectivity index (χ0v) is 12.6. The van der Waals surface area contributed by atoms with Gasteiger partial charge in [0.2, 0.25) is 0 Å². The highest BCUT2D eigenvalue weighted by molar-refractivity contribution is 5.92. The van der Waals surface area contributed by atoms with Gasteiger partial charge in [-0.05, 0) is 18.2 Å². The Morgan fingerprint density at radius 3 is 2.79 bits per heavy atom. The largest absolute Gasteiger partial charge is 0.333 e. The van der Waals surface area contributed by atoms with Crippen LogP contribution in [0.4, 0.5) is 8.78 Å². The van der Waals surface area contributed by atoms with Crippen LogP contribution in [0.15, 0.2) is 35.1 Å². The Kier molecular flexibility index (Phi) is 4.07. The Labute approximate surface area is 134 Å². The molecule has 0 aliphatic heterocycles. The van der Waals surface area contributed by atoms with E-state index in [9.17, 15) is 18.4 Å². The molecule has 0 radical (unpaired) electrons. The number of rotatable bonds is 4. The lowest BCUT2D eigenvalue weighted by Gasteiger charge is -2.15. The number of H-pyrrole nitrogens is 2. The molecule has 0 saturated carbocycles. The zero-order valence-electron chi connectivity index (χ0n) is 12.6. The monoisotopic (exact) mass is 333 g/mol. The van der Waals surface area contributed by atoms with E-state index >= 15 is 0 Å². The Morgan fingerprint density at radius 1 is 1.33 bits per heavy atom. The minimum Gasteiger partial charge on any atom is -0.333 e. The number of halogens is 2. The van der Waals surface area contributed by atoms with Crippen LogP contribution in [-0.4, -0.2) is 38.0 Å². The van der Waals surface area contributed by atoms with E-state index in [-0.39, 0.29) is 17.8 Å². The Hall–Kier alpha value is -3.10. The van der Waals surface area contributed by atoms with Crippen molar-refractivity contribution in [2.24, 2.45) is 0 Å². The summed E-state index contributed by atoms with van der Waals surface area (Å²) in [5.74, 6) is -0.270. The van der Waals surface area contributed by atoms with E-state index in [4.69, 9.17) is 0 Å². The third kappa shape index (κ3) is 3.00. The predicted octanol–water partition coefficient (Wildman–Crippen LogP) is 1.86. The van der Waals surface area contributed by atoms with Gasteiger partial charge < -0.3 is 9.88 Å². The van der Waals surface area contributed by atoms with Gasteiger partial charge >= 0.3 is 0 Å². The van der Waals surface area contributed by atoms with Crippen molar-refractivity contribution in [3.63, 3.8) is 0 Å². The van der Waals surface area contributed by atoms with Gasteiger partial charge in [0.15, 0.2) is 5.69 Å². The van der Waals surface area contributed by atoms with Crippen LogP contribution < -0.4 is 5.56 Å². The summed E-state index contributed by atoms with van der Waals surface area (Å²) in [6.45, 7) is 0.00970. The molecule has 0 unspecified atom stereocenters. The first kappa shape index (κ1) is 15.8. The fraction of sp³-hybridized carbons (Fsp3) is 0.200. The van der Waals surface area contributed by atoms with Gasteiger partial charge in [-0.2, -0.15) is 5.10 Å². The standard InChI is InChI=1S/C15H13F2N5O2/c1-22(15(24)11-6-10(13(16)17)20-21-11)7-12-18-9-5-3-2-4-8(9)14(23)19-12/h2-6,13H,7H2,1H3,(H,20,21)(H,18,19,23). The van der Waals surface area contributed by atoms with Gasteiger partial charge in [0, 0.05) is 7.05 Å². The lowest BCUT2D eigenvalue weighted by Crippen LogP contribution is -2.28. The van der Waals surface area contributed by atoms with Crippen LogP contribution in [0, 0.1) is 0 Å². The number of nitrogens with one attached hydrogen (secondary N) is 2. The van der Waals surface area contributed by atoms with Gasteiger partial charge in [-0.25, -0.2) is 13.8 Å². The van der Waals surface area contributed by atoms with Gasteiger partial charge in [0.05, 0.1) is 17.4 Å². The Bertz CT molecular complexity index is 950. The van der Waals surface area contributed by atoms with Crippen molar-refractivity contribution in [1.82, 2.24) is 25.1 Å². The number of aromatic nitrogens is 4. The van der Waals surface area contributed by atoms with E-state index in [1.165, 1.54) is 11.9 Å². The number of alkyl halides is 2. The van der Waals surface area contributed by atoms with Crippen molar-refractivity contribution < 1.29 is 13.6 Å². The second kappa shape index (κ2) is 6.19. The molecule has 2 aromatic heterocycles. The van der Waals surface area contributed by atoms with E-state index in [2.05, 4.69) is 20.2 Å². The SMILES string of the molecule is CN(Cc1nc2ccccc2c(=O)[nH]1)C(=O)c1cc(C(F)F)[nH]n1. The van der Waals surface area contributed by atoms with Crippen LogP contribution in [-0.2, 0) is 6.54 Å². The molecule has 9 heteroatoms. The van der Waals surface area contributed by atoms with Gasteiger partial charge in [-0.15, -0.1) is 0 Å². The molecule has 0 spiro atoms. The topological polar surface area (TPSA) is 94.7 Å². The minimum atomic E-state index is -2.73. The zero-order chi connectivity index (χ0) is 17.3. The minimum absolute atomic E-state index is 0.00970. The number of nitrogens with zero attached hydrogens (tertiary/aromatic N) is 3. The molecule has 1 amide bonds. The van der Waals surface area contributed by atoms with E-state index < -0.39 is 18.0 Å². The number of hydrogen-bond donors (Lipinski definition) is 2. The molecule has 0 bridgehead atoms. The lowest BCUT2D eigenvalue weighted by molar-refractivity contribution is 0.0775. The average molecular weight is 333 g/mol. The van der Waals surface area contributed by atoms with Crippen LogP contribution >= 0.6 is 0 Å². The molecule has 0 fully saturated rings. The summed E-state index contributed by atoms with van der Waals surface area (Å²) in [5, 5.41) is 6.14. The number of carbonyl (C=O) groups excluding carboxylic acids is 1. The number of hydrogen-bond acceptors (Lipinski definition) is 4. The van der Waals surface area contributed by atoms with E-state index in [1.54, 1.807) is 24.3 Å². The van der Waals surface area contributed by atoms with Crippen molar-refractivity contribution in [3.8, 4) is 0 Å². The third-order valence-corrected chi connectivity index (χ3v) is 3.45. The Morgan fingerprint density at radius 2 is 2.08 bits per heavy atom. The number of amides is 1. The van der Waals surface area contributed by atoms with Crippen molar-refractivity contribution in [1.29, 1.82) is 0 Å². The molecule has 0 atom stereocenters. The molecule has 1 aromatic carbocycles. The lowest BCUT2D eigenvalue weighted by atomic mass is 10.2. The van der Waals surface area contributed by atoms with Crippen molar-refractivity contribution in [2.75, 3.05) is 7.05 Å². The van der Waals surface area contributed by atoms with Crippen molar-refractivity contribution >= 4 is 16.8 Å². The fourth-order valence-electron chi connectivity index (χ4n) is 2.26. The van der Waals surface area contributed by atoms with Gasteiger partial charge in [0.25, 0.3) is 17.9 Å². The molecule has 124 valence electrons. The molecule has 3 aromatic rings. The first-order valence-electron chi connectivity index (χ1n) is 7.02. The summed E-state index contributed by atoms with van der Waals surface area (Å²) >= 11 is 0. The quantitative estimate of drug-likeness (QED) is 0.762. The second-order valence-electron chi connectivity index (χ2n) is 5.20. The highest BCUT2D eigenvalue weighted by atomic mass is 19.3.